The summed E-state index contributed by atoms with van der Waals surface area (Å²) >= 11 is 1.42. The smallest absolute Gasteiger partial charge is 0.0795 e. The van der Waals surface area contributed by atoms with Crippen LogP contribution in [-0.2, 0) is 0 Å². The Bertz CT molecular complexity index is 268. The van der Waals surface area contributed by atoms with Gasteiger partial charge in [-0.1, -0.05) is 18.3 Å². The zero-order valence-electron chi connectivity index (χ0n) is 7.32. The fraction of sp³-hybridized carbons (Fsp3) is 0.750. The van der Waals surface area contributed by atoms with E-state index >= 15 is 0 Å². The van der Waals surface area contributed by atoms with Gasteiger partial charge in [-0.25, -0.2) is 0 Å². The van der Waals surface area contributed by atoms with Crippen molar-refractivity contribution < 1.29 is 0 Å². The van der Waals surface area contributed by atoms with Crippen molar-refractivity contribution in [3.63, 3.8) is 0 Å². The normalized spacial score (nSPS) is 31.9. The van der Waals surface area contributed by atoms with Crippen LogP contribution in [0.15, 0.2) is 5.38 Å². The van der Waals surface area contributed by atoms with Crippen LogP contribution in [0.25, 0.3) is 0 Å². The fourth-order valence-corrected chi connectivity index (χ4v) is 2.57. The summed E-state index contributed by atoms with van der Waals surface area (Å²) in [5.41, 5.74) is 7.12. The van der Waals surface area contributed by atoms with Gasteiger partial charge in [-0.2, -0.15) is 0 Å². The lowest BCUT2D eigenvalue weighted by molar-refractivity contribution is 0.557. The Morgan fingerprint density at radius 1 is 1.67 bits per heavy atom. The van der Waals surface area contributed by atoms with Gasteiger partial charge in [0.25, 0.3) is 0 Å². The first-order valence-corrected chi connectivity index (χ1v) is 4.98. The van der Waals surface area contributed by atoms with Crippen molar-refractivity contribution in [3.8, 4) is 0 Å². The molecule has 66 valence electrons. The van der Waals surface area contributed by atoms with Gasteiger partial charge in [0.2, 0.25) is 0 Å². The summed E-state index contributed by atoms with van der Waals surface area (Å²) in [7, 11) is 0. The first-order chi connectivity index (χ1) is 5.68. The van der Waals surface area contributed by atoms with Crippen LogP contribution in [0.3, 0.4) is 0 Å². The third kappa shape index (κ3) is 0.983. The summed E-state index contributed by atoms with van der Waals surface area (Å²) in [4.78, 5) is 0. The van der Waals surface area contributed by atoms with Crippen LogP contribution in [0.4, 0.5) is 0 Å². The molecule has 1 saturated carbocycles. The minimum absolute atomic E-state index is 0.338. The van der Waals surface area contributed by atoms with Crippen LogP contribution < -0.4 is 5.73 Å². The number of hydrogen-bond donors (Lipinski definition) is 1. The van der Waals surface area contributed by atoms with Crippen molar-refractivity contribution in [3.05, 3.63) is 11.1 Å². The average Bonchev–Trinajstić information content (AvgIpc) is 2.50. The Balaban J connectivity index is 2.19. The highest BCUT2D eigenvalue weighted by Gasteiger charge is 2.58. The molecule has 1 heterocycles. The van der Waals surface area contributed by atoms with E-state index in [4.69, 9.17) is 5.73 Å². The molecule has 2 N–H and O–H groups in total. The largest absolute Gasteiger partial charge is 0.330 e. The molecule has 4 heteroatoms. The molecule has 2 unspecified atom stereocenters. The number of hydrogen-bond acceptors (Lipinski definition) is 4. The van der Waals surface area contributed by atoms with E-state index in [1.807, 2.05) is 5.38 Å². The Labute approximate surface area is 76.1 Å². The van der Waals surface area contributed by atoms with Gasteiger partial charge in [-0.05, 0) is 29.4 Å². The van der Waals surface area contributed by atoms with Crippen molar-refractivity contribution in [1.82, 2.24) is 9.59 Å². The van der Waals surface area contributed by atoms with Crippen LogP contribution in [0.2, 0.25) is 0 Å². The quantitative estimate of drug-likeness (QED) is 0.750. The maximum Gasteiger partial charge on any atom is 0.0795 e. The molecule has 3 nitrogen and oxygen atoms in total. The fourth-order valence-electron chi connectivity index (χ4n) is 2.08. The van der Waals surface area contributed by atoms with Gasteiger partial charge in [0.1, 0.15) is 0 Å². The lowest BCUT2D eigenvalue weighted by atomic mass is 10.1. The molecule has 0 saturated heterocycles. The molecule has 0 amide bonds. The Hall–Kier alpha value is -0.480. The van der Waals surface area contributed by atoms with Gasteiger partial charge in [0, 0.05) is 11.3 Å². The Kier molecular flexibility index (Phi) is 1.70. The zero-order chi connectivity index (χ0) is 8.77. The van der Waals surface area contributed by atoms with E-state index in [2.05, 4.69) is 23.4 Å². The molecule has 1 aromatic heterocycles. The molecule has 0 bridgehead atoms. The number of nitrogens with zero attached hydrogens (tertiary/aromatic N) is 2. The van der Waals surface area contributed by atoms with Gasteiger partial charge in [-0.15, -0.1) is 5.10 Å². The van der Waals surface area contributed by atoms with E-state index in [1.54, 1.807) is 0 Å². The van der Waals surface area contributed by atoms with Crippen LogP contribution in [0.5, 0.6) is 0 Å². The van der Waals surface area contributed by atoms with Gasteiger partial charge in [0.05, 0.1) is 5.69 Å². The van der Waals surface area contributed by atoms with Crippen LogP contribution >= 0.6 is 11.5 Å². The first kappa shape index (κ1) is 8.13. The van der Waals surface area contributed by atoms with E-state index in [1.165, 1.54) is 11.5 Å². The molecule has 1 aromatic rings. The maximum absolute atomic E-state index is 5.66. The average molecular weight is 183 g/mol. The minimum Gasteiger partial charge on any atom is -0.330 e. The second kappa shape index (κ2) is 2.50. The van der Waals surface area contributed by atoms with E-state index in [-0.39, 0.29) is 0 Å². The van der Waals surface area contributed by atoms with Crippen molar-refractivity contribution in [1.29, 1.82) is 0 Å². The van der Waals surface area contributed by atoms with Crippen molar-refractivity contribution in [2.45, 2.75) is 19.8 Å². The Morgan fingerprint density at radius 2 is 2.42 bits per heavy atom. The maximum atomic E-state index is 5.66. The zero-order valence-corrected chi connectivity index (χ0v) is 8.14. The van der Waals surface area contributed by atoms with Gasteiger partial charge in [-0.3, -0.25) is 0 Å². The van der Waals surface area contributed by atoms with Crippen LogP contribution in [-0.4, -0.2) is 16.1 Å². The molecule has 0 radical (unpaired) electrons. The highest BCUT2D eigenvalue weighted by molar-refractivity contribution is 7.03. The minimum atomic E-state index is 0.338. The molecule has 1 fully saturated rings. The predicted octanol–water partition coefficient (Wildman–Crippen LogP) is 1.24. The SMILES string of the molecule is CC1(C)C(CN)C1c1csnn1. The predicted molar refractivity (Wildman–Crippen MR) is 49.0 cm³/mol. The molecule has 1 aliphatic carbocycles. The molecular formula is C8H13N3S. The molecule has 0 aliphatic heterocycles. The summed E-state index contributed by atoms with van der Waals surface area (Å²) in [6, 6.07) is 0. The molecule has 0 spiro atoms. The lowest BCUT2D eigenvalue weighted by Gasteiger charge is -1.97. The van der Waals surface area contributed by atoms with E-state index < -0.39 is 0 Å². The summed E-state index contributed by atoms with van der Waals surface area (Å²) in [6.07, 6.45) is 0. The standard InChI is InChI=1S/C8H13N3S/c1-8(2)5(3-9)7(8)6-4-12-11-10-6/h4-5,7H,3,9H2,1-2H3. The summed E-state index contributed by atoms with van der Waals surface area (Å²) < 4.78 is 3.87. The third-order valence-electron chi connectivity index (χ3n) is 3.00. The molecule has 0 aromatic carbocycles. The van der Waals surface area contributed by atoms with Crippen LogP contribution in [0.1, 0.15) is 25.5 Å². The molecule has 2 atom stereocenters. The number of rotatable bonds is 2. The first-order valence-electron chi connectivity index (χ1n) is 4.15. The van der Waals surface area contributed by atoms with Crippen molar-refractivity contribution in [2.24, 2.45) is 17.1 Å². The lowest BCUT2D eigenvalue weighted by Crippen LogP contribution is -2.05. The van der Waals surface area contributed by atoms with Crippen LogP contribution in [0, 0.1) is 11.3 Å². The van der Waals surface area contributed by atoms with Crippen molar-refractivity contribution in [2.75, 3.05) is 6.54 Å². The highest BCUT2D eigenvalue weighted by atomic mass is 32.1. The van der Waals surface area contributed by atoms with Gasteiger partial charge < -0.3 is 5.73 Å². The molecular weight excluding hydrogens is 170 g/mol. The van der Waals surface area contributed by atoms with E-state index in [0.717, 1.165) is 12.2 Å². The molecule has 2 rings (SSSR count). The van der Waals surface area contributed by atoms with E-state index in [0.29, 0.717) is 17.3 Å². The van der Waals surface area contributed by atoms with Crippen molar-refractivity contribution >= 4 is 11.5 Å². The van der Waals surface area contributed by atoms with Gasteiger partial charge >= 0.3 is 0 Å². The second-order valence-corrected chi connectivity index (χ2v) is 4.58. The number of nitrogens with two attached hydrogens (primary N) is 1. The molecule has 12 heavy (non-hydrogen) atoms. The summed E-state index contributed by atoms with van der Waals surface area (Å²) in [5.74, 6) is 1.14. The Morgan fingerprint density at radius 3 is 2.83 bits per heavy atom. The highest BCUT2D eigenvalue weighted by Crippen LogP contribution is 2.63. The molecule has 1 aliphatic rings. The third-order valence-corrected chi connectivity index (χ3v) is 3.52. The monoisotopic (exact) mass is 183 g/mol. The summed E-state index contributed by atoms with van der Waals surface area (Å²) in [5, 5.41) is 6.11. The second-order valence-electron chi connectivity index (χ2n) is 3.97. The van der Waals surface area contributed by atoms with E-state index in [9.17, 15) is 0 Å². The topological polar surface area (TPSA) is 51.8 Å². The summed E-state index contributed by atoms with van der Waals surface area (Å²) in [6.45, 7) is 5.25. The number of aromatic nitrogens is 2. The van der Waals surface area contributed by atoms with Gasteiger partial charge in [0.15, 0.2) is 0 Å².